The lowest BCUT2D eigenvalue weighted by molar-refractivity contribution is 0.0929. The highest BCUT2D eigenvalue weighted by Gasteiger charge is 2.24. The van der Waals surface area contributed by atoms with E-state index >= 15 is 0 Å². The Balaban J connectivity index is 1.48. The second-order valence-corrected chi connectivity index (χ2v) is 9.45. The summed E-state index contributed by atoms with van der Waals surface area (Å²) in [5.41, 5.74) is 0.908. The number of aryl methyl sites for hydroxylation is 1. The van der Waals surface area contributed by atoms with Crippen molar-refractivity contribution in [3.05, 3.63) is 45.6 Å². The Morgan fingerprint density at radius 3 is 2.63 bits per heavy atom. The molecule has 30 heavy (non-hydrogen) atoms. The lowest BCUT2D eigenvalue weighted by Gasteiger charge is -2.39. The lowest BCUT2D eigenvalue weighted by Crippen LogP contribution is -2.44. The number of fused-ring (bicyclic) bond motifs is 3. The van der Waals surface area contributed by atoms with Crippen LogP contribution in [0.1, 0.15) is 56.1 Å². The van der Waals surface area contributed by atoms with Gasteiger partial charge in [0, 0.05) is 41.8 Å². The molecule has 1 amide bonds. The normalized spacial score (nSPS) is 20.1. The van der Waals surface area contributed by atoms with Crippen LogP contribution in [-0.4, -0.2) is 40.5 Å². The van der Waals surface area contributed by atoms with E-state index < -0.39 is 0 Å². The molecule has 5 nitrogen and oxygen atoms in total. The molecule has 0 bridgehead atoms. The second kappa shape index (κ2) is 8.90. The predicted octanol–water partition coefficient (Wildman–Crippen LogP) is 4.62. The number of hydrogen-bond acceptors (Lipinski definition) is 4. The number of rotatable bonds is 6. The zero-order chi connectivity index (χ0) is 21.3. The molecule has 0 radical (unpaired) electrons. The molecule has 0 spiro atoms. The molecule has 2 atom stereocenters. The van der Waals surface area contributed by atoms with Gasteiger partial charge in [-0.3, -0.25) is 14.5 Å². The van der Waals surface area contributed by atoms with Crippen molar-refractivity contribution < 1.29 is 4.79 Å². The van der Waals surface area contributed by atoms with Gasteiger partial charge in [-0.15, -0.1) is 11.3 Å². The van der Waals surface area contributed by atoms with Gasteiger partial charge in [0.25, 0.3) is 11.5 Å². The van der Waals surface area contributed by atoms with Crippen molar-refractivity contribution in [2.45, 2.75) is 65.1 Å². The van der Waals surface area contributed by atoms with Crippen LogP contribution in [0.25, 0.3) is 21.0 Å². The van der Waals surface area contributed by atoms with E-state index in [4.69, 9.17) is 0 Å². The van der Waals surface area contributed by atoms with Crippen LogP contribution in [0.15, 0.2) is 35.1 Å². The highest BCUT2D eigenvalue weighted by atomic mass is 32.1. The molecule has 1 aliphatic heterocycles. The zero-order valence-corrected chi connectivity index (χ0v) is 18.9. The van der Waals surface area contributed by atoms with Crippen LogP contribution in [0.5, 0.6) is 0 Å². The van der Waals surface area contributed by atoms with Gasteiger partial charge in [-0.2, -0.15) is 0 Å². The van der Waals surface area contributed by atoms with E-state index in [1.807, 2.05) is 31.2 Å². The Bertz CT molecular complexity index is 1110. The van der Waals surface area contributed by atoms with E-state index in [0.29, 0.717) is 35.4 Å². The fourth-order valence-electron chi connectivity index (χ4n) is 4.80. The molecule has 160 valence electrons. The molecule has 1 fully saturated rings. The zero-order valence-electron chi connectivity index (χ0n) is 18.1. The molecule has 0 unspecified atom stereocenters. The summed E-state index contributed by atoms with van der Waals surface area (Å²) in [5, 5.41) is 4.74. The minimum absolute atomic E-state index is 0.0189. The Kier molecular flexibility index (Phi) is 6.25. The molecule has 1 saturated heterocycles. The van der Waals surface area contributed by atoms with Crippen molar-refractivity contribution in [1.29, 1.82) is 0 Å². The number of carbonyl (C=O) groups excluding carboxylic acids is 1. The first-order valence-electron chi connectivity index (χ1n) is 11.1. The van der Waals surface area contributed by atoms with Gasteiger partial charge in [-0.05, 0) is 52.2 Å². The van der Waals surface area contributed by atoms with Gasteiger partial charge in [-0.25, -0.2) is 0 Å². The van der Waals surface area contributed by atoms with Gasteiger partial charge >= 0.3 is 0 Å². The Hall–Kier alpha value is -2.18. The summed E-state index contributed by atoms with van der Waals surface area (Å²) in [6, 6.07) is 11.0. The van der Waals surface area contributed by atoms with Gasteiger partial charge in [0.15, 0.2) is 0 Å². The smallest absolute Gasteiger partial charge is 0.261 e. The molecular weight excluding hydrogens is 394 g/mol. The minimum Gasteiger partial charge on any atom is -0.351 e. The molecule has 3 aromatic rings. The third-order valence-electron chi connectivity index (χ3n) is 6.44. The van der Waals surface area contributed by atoms with Crippen LogP contribution in [0, 0.1) is 0 Å². The first-order chi connectivity index (χ1) is 14.5. The topological polar surface area (TPSA) is 54.3 Å². The SMILES string of the molecule is CCn1c(=O)c2cc(C(=O)NCCCN3[C@@H](C)CCC[C@@H]3C)sc2c2ccccc21. The van der Waals surface area contributed by atoms with Crippen LogP contribution in [-0.2, 0) is 6.54 Å². The Labute approximate surface area is 181 Å². The van der Waals surface area contributed by atoms with Gasteiger partial charge in [0.2, 0.25) is 0 Å². The molecule has 0 saturated carbocycles. The summed E-state index contributed by atoms with van der Waals surface area (Å²) in [6.07, 6.45) is 4.79. The summed E-state index contributed by atoms with van der Waals surface area (Å²) in [7, 11) is 0. The third kappa shape index (κ3) is 3.91. The molecular formula is C24H31N3O2S. The maximum absolute atomic E-state index is 12.9. The number of nitrogens with zero attached hydrogens (tertiary/aromatic N) is 2. The Morgan fingerprint density at radius 1 is 1.17 bits per heavy atom. The van der Waals surface area contributed by atoms with Crippen molar-refractivity contribution in [2.75, 3.05) is 13.1 Å². The van der Waals surface area contributed by atoms with Crippen molar-refractivity contribution in [2.24, 2.45) is 0 Å². The molecule has 3 heterocycles. The van der Waals surface area contributed by atoms with E-state index in [9.17, 15) is 9.59 Å². The second-order valence-electron chi connectivity index (χ2n) is 8.40. The maximum atomic E-state index is 12.9. The van der Waals surface area contributed by atoms with E-state index in [-0.39, 0.29) is 11.5 Å². The van der Waals surface area contributed by atoms with Crippen LogP contribution in [0.3, 0.4) is 0 Å². The van der Waals surface area contributed by atoms with Gasteiger partial charge in [-0.1, -0.05) is 24.6 Å². The number of amides is 1. The number of thiophene rings is 1. The Morgan fingerprint density at radius 2 is 1.90 bits per heavy atom. The quantitative estimate of drug-likeness (QED) is 0.587. The number of carbonyl (C=O) groups is 1. The molecule has 6 heteroatoms. The minimum atomic E-state index is -0.0810. The van der Waals surface area contributed by atoms with Gasteiger partial charge in [0.05, 0.1) is 15.8 Å². The molecule has 0 aliphatic carbocycles. The summed E-state index contributed by atoms with van der Waals surface area (Å²) in [5.74, 6) is -0.0810. The molecule has 2 aromatic heterocycles. The third-order valence-corrected chi connectivity index (χ3v) is 7.61. The molecule has 1 aromatic carbocycles. The van der Waals surface area contributed by atoms with Gasteiger partial charge in [0.1, 0.15) is 0 Å². The number of piperidine rings is 1. The number of pyridine rings is 1. The predicted molar refractivity (Wildman–Crippen MR) is 126 cm³/mol. The lowest BCUT2D eigenvalue weighted by atomic mass is 9.97. The average molecular weight is 426 g/mol. The maximum Gasteiger partial charge on any atom is 0.261 e. The van der Waals surface area contributed by atoms with Crippen molar-refractivity contribution >= 4 is 38.2 Å². The van der Waals surface area contributed by atoms with Crippen LogP contribution in [0.2, 0.25) is 0 Å². The monoisotopic (exact) mass is 425 g/mol. The number of benzene rings is 1. The average Bonchev–Trinajstić information content (AvgIpc) is 3.19. The summed E-state index contributed by atoms with van der Waals surface area (Å²) >= 11 is 1.42. The summed E-state index contributed by atoms with van der Waals surface area (Å²) in [4.78, 5) is 28.9. The van der Waals surface area contributed by atoms with Crippen LogP contribution < -0.4 is 10.9 Å². The number of para-hydroxylation sites is 1. The highest BCUT2D eigenvalue weighted by Crippen LogP contribution is 2.30. The molecule has 4 rings (SSSR count). The highest BCUT2D eigenvalue weighted by molar-refractivity contribution is 7.21. The summed E-state index contributed by atoms with van der Waals surface area (Å²) in [6.45, 7) is 8.87. The fraction of sp³-hybridized carbons (Fsp3) is 0.500. The molecule has 1 aliphatic rings. The first-order valence-corrected chi connectivity index (χ1v) is 11.9. The van der Waals surface area contributed by atoms with E-state index in [0.717, 1.165) is 28.6 Å². The number of nitrogens with one attached hydrogen (secondary N) is 1. The largest absolute Gasteiger partial charge is 0.351 e. The number of hydrogen-bond donors (Lipinski definition) is 1. The van der Waals surface area contributed by atoms with Gasteiger partial charge < -0.3 is 9.88 Å². The fourth-order valence-corrected chi connectivity index (χ4v) is 5.90. The van der Waals surface area contributed by atoms with Crippen molar-refractivity contribution in [3.8, 4) is 0 Å². The van der Waals surface area contributed by atoms with Crippen molar-refractivity contribution in [3.63, 3.8) is 0 Å². The first kappa shape index (κ1) is 21.1. The number of aromatic nitrogens is 1. The summed E-state index contributed by atoms with van der Waals surface area (Å²) < 4.78 is 2.69. The van der Waals surface area contributed by atoms with Crippen LogP contribution >= 0.6 is 11.3 Å². The molecule has 1 N–H and O–H groups in total. The van der Waals surface area contributed by atoms with Crippen molar-refractivity contribution in [1.82, 2.24) is 14.8 Å². The van der Waals surface area contributed by atoms with Crippen LogP contribution in [0.4, 0.5) is 0 Å². The van der Waals surface area contributed by atoms with E-state index in [1.54, 1.807) is 10.6 Å². The van der Waals surface area contributed by atoms with E-state index in [1.165, 1.54) is 30.6 Å². The number of likely N-dealkylation sites (tertiary alicyclic amines) is 1. The standard InChI is InChI=1S/C24H31N3O2S/c1-4-26-20-12-6-5-11-18(20)22-19(24(26)29)15-21(30-22)23(28)25-13-8-14-27-16(2)9-7-10-17(27)3/h5-6,11-12,15-17H,4,7-10,13-14H2,1-3H3,(H,25,28)/t16-,17-/m0/s1. The van der Waals surface area contributed by atoms with E-state index in [2.05, 4.69) is 24.1 Å².